The largest absolute Gasteiger partial charge is 0.494 e. The van der Waals surface area contributed by atoms with Gasteiger partial charge in [-0.15, -0.1) is 10.2 Å². The van der Waals surface area contributed by atoms with E-state index in [9.17, 15) is 19.2 Å². The highest BCUT2D eigenvalue weighted by atomic mass is 16.6. The SMILES string of the molecule is CC(C)(C)OC(=O)NCCCn1cc(-n2nnc3cnc(Nc4ccc(OCCCCC(=O)O)cc4)nc32)cn1.CCOC(=O)CCCCOc1ccc(Nc2ncc3nnn(-c4cnn(CCCNC(=O)OC(C)(C)C)c4)c3n2)cc1. The van der Waals surface area contributed by atoms with Gasteiger partial charge >= 0.3 is 24.1 Å². The Morgan fingerprint density at radius 3 is 1.43 bits per heavy atom. The van der Waals surface area contributed by atoms with E-state index < -0.39 is 29.4 Å². The first-order chi connectivity index (χ1) is 39.4. The van der Waals surface area contributed by atoms with Gasteiger partial charge in [-0.1, -0.05) is 10.4 Å². The van der Waals surface area contributed by atoms with Gasteiger partial charge < -0.3 is 50.1 Å². The Labute approximate surface area is 472 Å². The van der Waals surface area contributed by atoms with Crippen LogP contribution in [0.5, 0.6) is 11.5 Å². The van der Waals surface area contributed by atoms with Gasteiger partial charge in [-0.3, -0.25) is 19.0 Å². The van der Waals surface area contributed by atoms with Gasteiger partial charge in [0.25, 0.3) is 0 Å². The first-order valence-corrected chi connectivity index (χ1v) is 26.9. The number of unbranched alkanes of at least 4 members (excludes halogenated alkanes) is 2. The van der Waals surface area contributed by atoms with Crippen molar-refractivity contribution in [3.8, 4) is 22.9 Å². The van der Waals surface area contributed by atoms with Crippen LogP contribution in [-0.2, 0) is 36.9 Å². The number of nitrogens with zero attached hydrogens (tertiary/aromatic N) is 14. The normalized spacial score (nSPS) is 11.4. The maximum Gasteiger partial charge on any atom is 0.407 e. The van der Waals surface area contributed by atoms with E-state index in [2.05, 4.69) is 72.0 Å². The predicted octanol–water partition coefficient (Wildman–Crippen LogP) is 7.88. The quantitative estimate of drug-likeness (QED) is 0.0186. The van der Waals surface area contributed by atoms with E-state index in [0.29, 0.717) is 129 Å². The molecule has 5 N–H and O–H groups in total. The summed E-state index contributed by atoms with van der Waals surface area (Å²) in [6, 6.07) is 14.8. The average Bonchev–Trinajstić information content (AvgIpc) is 3.99. The third-order valence-electron chi connectivity index (χ3n) is 11.2. The molecule has 6 aromatic heterocycles. The molecule has 6 heterocycles. The number of carboxylic acids is 1. The van der Waals surface area contributed by atoms with Crippen LogP contribution >= 0.6 is 0 Å². The van der Waals surface area contributed by atoms with Crippen molar-refractivity contribution in [3.05, 3.63) is 85.7 Å². The minimum Gasteiger partial charge on any atom is -0.494 e. The van der Waals surface area contributed by atoms with E-state index in [1.54, 1.807) is 50.4 Å². The Morgan fingerprint density at radius 2 is 1.01 bits per heavy atom. The zero-order chi connectivity index (χ0) is 58.5. The molecule has 0 unspecified atom stereocenters. The van der Waals surface area contributed by atoms with Gasteiger partial charge in [-0.05, 0) is 136 Å². The fourth-order valence-electron chi connectivity index (χ4n) is 7.47. The van der Waals surface area contributed by atoms with Crippen molar-refractivity contribution in [2.75, 3.05) is 43.5 Å². The number of carboxylic acid groups (broad SMARTS) is 1. The summed E-state index contributed by atoms with van der Waals surface area (Å²) in [5, 5.41) is 46.0. The summed E-state index contributed by atoms with van der Waals surface area (Å²) < 4.78 is 33.5. The summed E-state index contributed by atoms with van der Waals surface area (Å²) in [6.07, 6.45) is 14.0. The number of ether oxygens (including phenoxy) is 5. The molecular weight excluding hydrogens is 1060 g/mol. The van der Waals surface area contributed by atoms with Gasteiger partial charge in [0, 0.05) is 50.4 Å². The first-order valence-electron chi connectivity index (χ1n) is 26.9. The second-order valence-electron chi connectivity index (χ2n) is 20.4. The Morgan fingerprint density at radius 1 is 0.573 bits per heavy atom. The monoisotopic (exact) mass is 1130 g/mol. The lowest BCUT2D eigenvalue weighted by Crippen LogP contribution is -2.33. The number of hydrogen-bond donors (Lipinski definition) is 5. The number of esters is 1. The van der Waals surface area contributed by atoms with Gasteiger partial charge in [0.05, 0.1) is 57.0 Å². The highest BCUT2D eigenvalue weighted by Gasteiger charge is 2.18. The fraction of sp³-hybridized carbons (Fsp3) is 0.444. The molecule has 0 saturated carbocycles. The number of benzene rings is 2. The number of rotatable bonds is 27. The molecule has 8 rings (SSSR count). The summed E-state index contributed by atoms with van der Waals surface area (Å²) >= 11 is 0. The van der Waals surface area contributed by atoms with Crippen molar-refractivity contribution < 1.29 is 48.0 Å². The summed E-state index contributed by atoms with van der Waals surface area (Å²) in [5.74, 6) is 1.21. The number of aromatic nitrogens is 14. The van der Waals surface area contributed by atoms with Crippen LogP contribution in [0.15, 0.2) is 85.7 Å². The Bertz CT molecular complexity index is 3330. The number of nitrogens with one attached hydrogen (secondary N) is 4. The van der Waals surface area contributed by atoms with Crippen LogP contribution in [-0.4, -0.2) is 143 Å². The standard InChI is InChI=1S/C28H37N9O5.C26H33N9O5/c1-5-40-24(38)9-6-7-16-41-22-12-10-20(11-13-22)32-26-30-18-23-25(33-26)37(35-34-23)21-17-31-36(19-21)15-8-14-29-27(39)42-28(2,3)4;1-26(2,3)40-25(38)27-12-6-13-34-17-19(15-29-34)35-23-21(32-33-35)16-28-24(31-23)30-18-8-10-20(11-9-18)39-14-5-4-7-22(36)37/h10-13,17-19H,5-9,14-16H2,1-4H3,(H,29,39)(H,30,32,33);8-11,15-17H,4-7,12-14H2,1-3H3,(H,27,38)(H,36,37)(H,28,30,31). The highest BCUT2D eigenvalue weighted by molar-refractivity contribution is 5.74. The summed E-state index contributed by atoms with van der Waals surface area (Å²) in [5.41, 5.74) is 4.00. The molecular formula is C54H70N18O10. The number of hydrogen-bond acceptors (Lipinski definition) is 21. The third-order valence-corrected chi connectivity index (χ3v) is 11.2. The lowest BCUT2D eigenvalue weighted by Gasteiger charge is -2.19. The molecule has 28 nitrogen and oxygen atoms in total. The minimum absolute atomic E-state index is 0.141. The summed E-state index contributed by atoms with van der Waals surface area (Å²) in [6.45, 7) is 16.2. The molecule has 0 spiro atoms. The maximum atomic E-state index is 11.8. The van der Waals surface area contributed by atoms with E-state index in [1.165, 1.54) is 0 Å². The van der Waals surface area contributed by atoms with Crippen LogP contribution < -0.4 is 30.7 Å². The zero-order valence-corrected chi connectivity index (χ0v) is 47.1. The third kappa shape index (κ3) is 19.7. The van der Waals surface area contributed by atoms with Crippen molar-refractivity contribution in [1.29, 1.82) is 0 Å². The Balaban J connectivity index is 0.000000236. The molecule has 0 aliphatic rings. The van der Waals surface area contributed by atoms with E-state index in [0.717, 1.165) is 30.0 Å². The number of carbonyl (C=O) groups excluding carboxylic acids is 3. The van der Waals surface area contributed by atoms with Crippen LogP contribution in [0.25, 0.3) is 33.7 Å². The van der Waals surface area contributed by atoms with Gasteiger partial charge in [-0.25, -0.2) is 19.6 Å². The number of fused-ring (bicyclic) bond motifs is 2. The van der Waals surface area contributed by atoms with E-state index in [-0.39, 0.29) is 12.4 Å². The molecule has 8 aromatic rings. The van der Waals surface area contributed by atoms with Crippen LogP contribution in [0, 0.1) is 0 Å². The lowest BCUT2D eigenvalue weighted by molar-refractivity contribution is -0.143. The number of anilines is 4. The van der Waals surface area contributed by atoms with Crippen LogP contribution in [0.3, 0.4) is 0 Å². The van der Waals surface area contributed by atoms with Gasteiger partial charge in [0.1, 0.15) is 34.1 Å². The van der Waals surface area contributed by atoms with Crippen molar-refractivity contribution in [1.82, 2.24) is 80.1 Å². The molecule has 0 fully saturated rings. The van der Waals surface area contributed by atoms with Crippen LogP contribution in [0.4, 0.5) is 32.9 Å². The Kier molecular flexibility index (Phi) is 21.3. The maximum absolute atomic E-state index is 11.8. The number of aliphatic carboxylic acids is 1. The molecule has 28 heteroatoms. The molecule has 436 valence electrons. The van der Waals surface area contributed by atoms with Crippen molar-refractivity contribution in [3.63, 3.8) is 0 Å². The molecule has 0 saturated heterocycles. The topological polar surface area (TPSA) is 331 Å². The molecule has 0 aliphatic heterocycles. The second-order valence-corrected chi connectivity index (χ2v) is 20.4. The molecule has 2 amide bonds. The number of carbonyl (C=O) groups is 4. The zero-order valence-electron chi connectivity index (χ0n) is 47.1. The predicted molar refractivity (Wildman–Crippen MR) is 301 cm³/mol. The average molecular weight is 1130 g/mol. The van der Waals surface area contributed by atoms with E-state index >= 15 is 0 Å². The van der Waals surface area contributed by atoms with E-state index in [1.807, 2.05) is 102 Å². The molecule has 0 radical (unpaired) electrons. The minimum atomic E-state index is -0.800. The number of alkyl carbamates (subject to hydrolysis) is 2. The Hall–Kier alpha value is -9.50. The van der Waals surface area contributed by atoms with Crippen LogP contribution in [0.1, 0.15) is 99.8 Å². The smallest absolute Gasteiger partial charge is 0.407 e. The number of amides is 2. The highest BCUT2D eigenvalue weighted by Crippen LogP contribution is 2.23. The van der Waals surface area contributed by atoms with Gasteiger partial charge in [0.2, 0.25) is 11.9 Å². The molecule has 82 heavy (non-hydrogen) atoms. The van der Waals surface area contributed by atoms with Crippen LogP contribution in [0.2, 0.25) is 0 Å². The van der Waals surface area contributed by atoms with Crippen molar-refractivity contribution in [2.45, 2.75) is 124 Å². The van der Waals surface area contributed by atoms with E-state index in [4.69, 9.17) is 28.8 Å². The molecule has 0 bridgehead atoms. The first kappa shape index (κ1) is 60.1. The summed E-state index contributed by atoms with van der Waals surface area (Å²) in [7, 11) is 0. The van der Waals surface area contributed by atoms with Crippen molar-refractivity contribution in [2.24, 2.45) is 0 Å². The fourth-order valence-corrected chi connectivity index (χ4v) is 7.47. The second kappa shape index (κ2) is 29.1. The van der Waals surface area contributed by atoms with Gasteiger partial charge in [0.15, 0.2) is 22.3 Å². The number of aryl methyl sites for hydroxylation is 2. The molecule has 0 atom stereocenters. The summed E-state index contributed by atoms with van der Waals surface area (Å²) in [4.78, 5) is 63.4. The molecule has 0 aliphatic carbocycles. The van der Waals surface area contributed by atoms with Gasteiger partial charge in [-0.2, -0.15) is 29.5 Å². The molecule has 2 aromatic carbocycles. The van der Waals surface area contributed by atoms with Crippen molar-refractivity contribution >= 4 is 69.7 Å². The lowest BCUT2D eigenvalue weighted by atomic mass is 10.2.